The quantitative estimate of drug-likeness (QED) is 0.595. The molecule has 0 radical (unpaired) electrons. The Morgan fingerprint density at radius 3 is 1.85 bits per heavy atom. The third-order valence-electron chi connectivity index (χ3n) is 2.19. The molecule has 0 saturated heterocycles. The molecule has 0 atom stereocenters. The SMILES string of the molecule is CC.CC1=C(C(C)C)CC(C)(C)O1. The van der Waals surface area contributed by atoms with Gasteiger partial charge in [0.05, 0.1) is 5.76 Å². The molecular formula is C12H24O. The number of rotatable bonds is 1. The van der Waals surface area contributed by atoms with Crippen LogP contribution in [0, 0.1) is 5.92 Å². The van der Waals surface area contributed by atoms with E-state index in [2.05, 4.69) is 34.6 Å². The summed E-state index contributed by atoms with van der Waals surface area (Å²) in [5.74, 6) is 1.78. The van der Waals surface area contributed by atoms with Crippen LogP contribution in [0.3, 0.4) is 0 Å². The van der Waals surface area contributed by atoms with Gasteiger partial charge in [0.2, 0.25) is 0 Å². The molecule has 0 aromatic heterocycles. The van der Waals surface area contributed by atoms with Crippen molar-refractivity contribution < 1.29 is 4.74 Å². The molecule has 0 aromatic rings. The van der Waals surface area contributed by atoms with E-state index in [-0.39, 0.29) is 5.60 Å². The summed E-state index contributed by atoms with van der Waals surface area (Å²) in [5, 5.41) is 0. The van der Waals surface area contributed by atoms with Gasteiger partial charge in [0.1, 0.15) is 5.60 Å². The molecule has 0 bridgehead atoms. The highest BCUT2D eigenvalue weighted by Crippen LogP contribution is 2.36. The van der Waals surface area contributed by atoms with Crippen molar-refractivity contribution in [2.24, 2.45) is 5.92 Å². The lowest BCUT2D eigenvalue weighted by atomic mass is 9.93. The topological polar surface area (TPSA) is 9.23 Å². The normalized spacial score (nSPS) is 19.7. The van der Waals surface area contributed by atoms with E-state index in [0.717, 1.165) is 12.2 Å². The maximum Gasteiger partial charge on any atom is 0.107 e. The van der Waals surface area contributed by atoms with Gasteiger partial charge in [-0.3, -0.25) is 0 Å². The Balaban J connectivity index is 0.000000671. The second-order valence-corrected chi connectivity index (χ2v) is 4.27. The van der Waals surface area contributed by atoms with E-state index in [1.165, 1.54) is 5.57 Å². The van der Waals surface area contributed by atoms with Gasteiger partial charge in [-0.15, -0.1) is 0 Å². The van der Waals surface area contributed by atoms with Crippen molar-refractivity contribution >= 4 is 0 Å². The molecule has 1 aliphatic heterocycles. The molecule has 0 amide bonds. The van der Waals surface area contributed by atoms with E-state index >= 15 is 0 Å². The molecule has 1 heteroatoms. The van der Waals surface area contributed by atoms with Crippen LogP contribution in [-0.2, 0) is 4.74 Å². The van der Waals surface area contributed by atoms with Crippen molar-refractivity contribution in [3.05, 3.63) is 11.3 Å². The number of hydrogen-bond acceptors (Lipinski definition) is 1. The summed E-state index contributed by atoms with van der Waals surface area (Å²) in [6.45, 7) is 14.8. The average Bonchev–Trinajstić information content (AvgIpc) is 2.29. The van der Waals surface area contributed by atoms with Gasteiger partial charge < -0.3 is 4.74 Å². The lowest BCUT2D eigenvalue weighted by Crippen LogP contribution is -2.18. The van der Waals surface area contributed by atoms with Crippen LogP contribution < -0.4 is 0 Å². The van der Waals surface area contributed by atoms with Crippen molar-refractivity contribution in [1.82, 2.24) is 0 Å². The number of hydrogen-bond donors (Lipinski definition) is 0. The van der Waals surface area contributed by atoms with Crippen LogP contribution in [0.2, 0.25) is 0 Å². The molecule has 0 unspecified atom stereocenters. The second kappa shape index (κ2) is 4.69. The summed E-state index contributed by atoms with van der Waals surface area (Å²) in [6, 6.07) is 0. The Morgan fingerprint density at radius 1 is 1.23 bits per heavy atom. The first-order chi connectivity index (χ1) is 5.92. The molecule has 1 nitrogen and oxygen atoms in total. The first kappa shape index (κ1) is 12.5. The molecular weight excluding hydrogens is 160 g/mol. The highest BCUT2D eigenvalue weighted by atomic mass is 16.5. The van der Waals surface area contributed by atoms with Gasteiger partial charge in [0.15, 0.2) is 0 Å². The fourth-order valence-corrected chi connectivity index (χ4v) is 1.71. The van der Waals surface area contributed by atoms with E-state index in [4.69, 9.17) is 4.74 Å². The van der Waals surface area contributed by atoms with Crippen LogP contribution in [0.5, 0.6) is 0 Å². The standard InChI is InChI=1S/C10H18O.C2H6/c1-7(2)9-6-10(4,5)11-8(9)3;1-2/h7H,6H2,1-5H3;1-2H3. The van der Waals surface area contributed by atoms with Crippen molar-refractivity contribution in [3.8, 4) is 0 Å². The third kappa shape index (κ3) is 3.41. The van der Waals surface area contributed by atoms with Crippen LogP contribution in [-0.4, -0.2) is 5.60 Å². The molecule has 0 spiro atoms. The van der Waals surface area contributed by atoms with E-state index in [9.17, 15) is 0 Å². The van der Waals surface area contributed by atoms with Gasteiger partial charge in [-0.2, -0.15) is 0 Å². The first-order valence-electron chi connectivity index (χ1n) is 5.31. The minimum absolute atomic E-state index is 0.0453. The van der Waals surface area contributed by atoms with Crippen LogP contribution in [0.1, 0.15) is 54.9 Å². The Hall–Kier alpha value is -0.460. The summed E-state index contributed by atoms with van der Waals surface area (Å²) in [6.07, 6.45) is 1.09. The highest BCUT2D eigenvalue weighted by Gasteiger charge is 2.30. The zero-order valence-corrected chi connectivity index (χ0v) is 10.2. The fourth-order valence-electron chi connectivity index (χ4n) is 1.71. The van der Waals surface area contributed by atoms with Gasteiger partial charge in [-0.1, -0.05) is 27.7 Å². The van der Waals surface area contributed by atoms with Gasteiger partial charge in [-0.25, -0.2) is 0 Å². The summed E-state index contributed by atoms with van der Waals surface area (Å²) in [7, 11) is 0. The third-order valence-corrected chi connectivity index (χ3v) is 2.19. The van der Waals surface area contributed by atoms with Crippen LogP contribution >= 0.6 is 0 Å². The van der Waals surface area contributed by atoms with Gasteiger partial charge >= 0.3 is 0 Å². The zero-order valence-electron chi connectivity index (χ0n) is 10.2. The predicted molar refractivity (Wildman–Crippen MR) is 58.7 cm³/mol. The van der Waals surface area contributed by atoms with Crippen molar-refractivity contribution in [3.63, 3.8) is 0 Å². The molecule has 0 aliphatic carbocycles. The molecule has 0 aromatic carbocycles. The molecule has 0 saturated carbocycles. The number of allylic oxidation sites excluding steroid dienone is 1. The van der Waals surface area contributed by atoms with Gasteiger partial charge in [0.25, 0.3) is 0 Å². The summed E-state index contributed by atoms with van der Waals surface area (Å²) in [5.41, 5.74) is 1.53. The Labute approximate surface area is 83.2 Å². The highest BCUT2D eigenvalue weighted by molar-refractivity contribution is 5.17. The molecule has 0 N–H and O–H groups in total. The molecule has 13 heavy (non-hydrogen) atoms. The molecule has 1 rings (SSSR count). The largest absolute Gasteiger partial charge is 0.492 e. The van der Waals surface area contributed by atoms with Gasteiger partial charge in [-0.05, 0) is 32.3 Å². The Morgan fingerprint density at radius 2 is 1.69 bits per heavy atom. The molecule has 1 aliphatic rings. The molecule has 0 fully saturated rings. The van der Waals surface area contributed by atoms with Crippen molar-refractivity contribution in [2.75, 3.05) is 0 Å². The minimum Gasteiger partial charge on any atom is -0.492 e. The van der Waals surface area contributed by atoms with Crippen LogP contribution in [0.4, 0.5) is 0 Å². The van der Waals surface area contributed by atoms with Crippen LogP contribution in [0.15, 0.2) is 11.3 Å². The lowest BCUT2D eigenvalue weighted by Gasteiger charge is -2.18. The van der Waals surface area contributed by atoms with E-state index < -0.39 is 0 Å². The molecule has 78 valence electrons. The predicted octanol–water partition coefficient (Wildman–Crippen LogP) is 4.14. The monoisotopic (exact) mass is 184 g/mol. The van der Waals surface area contributed by atoms with Crippen molar-refractivity contribution in [1.29, 1.82) is 0 Å². The summed E-state index contributed by atoms with van der Waals surface area (Å²) >= 11 is 0. The maximum absolute atomic E-state index is 5.70. The Bertz CT molecular complexity index is 187. The van der Waals surface area contributed by atoms with E-state index in [1.54, 1.807) is 0 Å². The smallest absolute Gasteiger partial charge is 0.107 e. The minimum atomic E-state index is 0.0453. The van der Waals surface area contributed by atoms with Gasteiger partial charge in [0, 0.05) is 6.42 Å². The number of ether oxygens (including phenoxy) is 1. The lowest BCUT2D eigenvalue weighted by molar-refractivity contribution is 0.0625. The zero-order chi connectivity index (χ0) is 10.6. The van der Waals surface area contributed by atoms with Crippen molar-refractivity contribution in [2.45, 2.75) is 60.5 Å². The van der Waals surface area contributed by atoms with E-state index in [0.29, 0.717) is 5.92 Å². The summed E-state index contributed by atoms with van der Waals surface area (Å²) < 4.78 is 5.70. The fraction of sp³-hybridized carbons (Fsp3) is 0.833. The second-order valence-electron chi connectivity index (χ2n) is 4.27. The van der Waals surface area contributed by atoms with E-state index in [1.807, 2.05) is 13.8 Å². The maximum atomic E-state index is 5.70. The van der Waals surface area contributed by atoms with Crippen LogP contribution in [0.25, 0.3) is 0 Å². The molecule has 1 heterocycles. The first-order valence-corrected chi connectivity index (χ1v) is 5.31. The average molecular weight is 184 g/mol. The Kier molecular flexibility index (Phi) is 4.52. The summed E-state index contributed by atoms with van der Waals surface area (Å²) in [4.78, 5) is 0.